The lowest BCUT2D eigenvalue weighted by Gasteiger charge is -2.15. The molecule has 1 aliphatic rings. The molecule has 5 nitrogen and oxygen atoms in total. The molecule has 0 saturated heterocycles. The molecule has 1 aromatic carbocycles. The van der Waals surface area contributed by atoms with Crippen molar-refractivity contribution in [2.45, 2.75) is 19.1 Å². The second kappa shape index (κ2) is 7.85. The fourth-order valence-corrected chi connectivity index (χ4v) is 5.88. The predicted octanol–water partition coefficient (Wildman–Crippen LogP) is 4.25. The molecule has 0 aliphatic carbocycles. The van der Waals surface area contributed by atoms with Crippen LogP contribution in [0.5, 0.6) is 0 Å². The normalized spacial score (nSPS) is 13.1. The summed E-state index contributed by atoms with van der Waals surface area (Å²) in [5, 5.41) is 6.65. The Bertz CT molecular complexity index is 1040. The number of fused-ring (bicyclic) bond motifs is 1. The van der Waals surface area contributed by atoms with Crippen molar-refractivity contribution in [3.63, 3.8) is 0 Å². The van der Waals surface area contributed by atoms with Crippen LogP contribution in [0.1, 0.15) is 36.7 Å². The predicted molar refractivity (Wildman–Crippen MR) is 116 cm³/mol. The van der Waals surface area contributed by atoms with Crippen LogP contribution < -0.4 is 10.6 Å². The summed E-state index contributed by atoms with van der Waals surface area (Å²) >= 11 is 3.60. The first-order chi connectivity index (χ1) is 13.6. The highest BCUT2D eigenvalue weighted by molar-refractivity contribution is 7.98. The summed E-state index contributed by atoms with van der Waals surface area (Å²) in [4.78, 5) is 26.7. The number of carbonyl (C=O) groups excluding carboxylic acids is 2. The van der Waals surface area contributed by atoms with Crippen molar-refractivity contribution in [3.8, 4) is 5.00 Å². The Labute approximate surface area is 172 Å². The zero-order chi connectivity index (χ0) is 19.7. The number of hydrogen-bond acceptors (Lipinski definition) is 4. The van der Waals surface area contributed by atoms with Crippen molar-refractivity contribution in [2.75, 3.05) is 18.1 Å². The molecule has 0 unspecified atom stereocenters. The number of thiophene rings is 1. The molecule has 7 heteroatoms. The molecule has 2 amide bonds. The van der Waals surface area contributed by atoms with E-state index in [4.69, 9.17) is 0 Å². The number of nitrogens with zero attached hydrogens (tertiary/aromatic N) is 1. The Morgan fingerprint density at radius 3 is 2.64 bits per heavy atom. The molecule has 0 saturated carbocycles. The topological polar surface area (TPSA) is 63.1 Å². The zero-order valence-electron chi connectivity index (χ0n) is 15.7. The number of carbonyl (C=O) groups is 2. The number of benzene rings is 1. The minimum Gasteiger partial charge on any atom is -0.355 e. The molecule has 2 aromatic heterocycles. The maximum atomic E-state index is 13.3. The molecule has 4 rings (SSSR count). The van der Waals surface area contributed by atoms with Crippen LogP contribution >= 0.6 is 23.1 Å². The second-order valence-electron chi connectivity index (χ2n) is 6.59. The zero-order valence-corrected chi connectivity index (χ0v) is 17.4. The van der Waals surface area contributed by atoms with E-state index in [2.05, 4.69) is 10.6 Å². The molecule has 0 fully saturated rings. The number of rotatable bonds is 4. The van der Waals surface area contributed by atoms with E-state index in [1.165, 1.54) is 4.88 Å². The van der Waals surface area contributed by atoms with Crippen LogP contribution in [0, 0.1) is 6.92 Å². The molecule has 0 bridgehead atoms. The maximum absolute atomic E-state index is 13.3. The lowest BCUT2D eigenvalue weighted by atomic mass is 10.0. The number of amides is 2. The summed E-state index contributed by atoms with van der Waals surface area (Å²) in [5.41, 5.74) is 3.90. The first-order valence-corrected chi connectivity index (χ1v) is 11.1. The van der Waals surface area contributed by atoms with Crippen molar-refractivity contribution < 1.29 is 9.59 Å². The van der Waals surface area contributed by atoms with Gasteiger partial charge in [-0.25, -0.2) is 0 Å². The van der Waals surface area contributed by atoms with Gasteiger partial charge in [0.25, 0.3) is 11.8 Å². The summed E-state index contributed by atoms with van der Waals surface area (Å²) in [6.07, 6.45) is 4.84. The van der Waals surface area contributed by atoms with Gasteiger partial charge in [-0.05, 0) is 54.5 Å². The van der Waals surface area contributed by atoms with Crippen LogP contribution in [0.15, 0.2) is 42.7 Å². The van der Waals surface area contributed by atoms with Crippen molar-refractivity contribution in [2.24, 2.45) is 0 Å². The average molecular weight is 412 g/mol. The van der Waals surface area contributed by atoms with Gasteiger partial charge in [0.2, 0.25) is 0 Å². The number of nitrogens with one attached hydrogen (secondary N) is 2. The Kier molecular flexibility index (Phi) is 5.28. The number of thioether (sulfide) groups is 1. The molecule has 144 valence electrons. The van der Waals surface area contributed by atoms with Crippen LogP contribution in [-0.4, -0.2) is 29.2 Å². The molecule has 2 N–H and O–H groups in total. The van der Waals surface area contributed by atoms with Gasteiger partial charge in [0, 0.05) is 41.3 Å². The lowest BCUT2D eigenvalue weighted by molar-refractivity contribution is 0.0960. The molecular formula is C21H21N3O2S2. The first-order valence-electron chi connectivity index (χ1n) is 9.08. The van der Waals surface area contributed by atoms with Crippen LogP contribution in [0.3, 0.4) is 0 Å². The molecule has 0 radical (unpaired) electrons. The van der Waals surface area contributed by atoms with E-state index in [1.807, 2.05) is 53.8 Å². The largest absolute Gasteiger partial charge is 0.355 e. The third kappa shape index (κ3) is 3.36. The van der Waals surface area contributed by atoms with Gasteiger partial charge in [-0.1, -0.05) is 6.07 Å². The van der Waals surface area contributed by atoms with E-state index >= 15 is 0 Å². The third-order valence-electron chi connectivity index (χ3n) is 4.92. The van der Waals surface area contributed by atoms with E-state index in [1.54, 1.807) is 30.5 Å². The lowest BCUT2D eigenvalue weighted by Crippen LogP contribution is -2.21. The number of anilines is 1. The SMILES string of the molecule is CNC(=O)c1cccc(NC(=O)c2c(-n3cccc3)sc3c2CCSC3)c1C. The summed E-state index contributed by atoms with van der Waals surface area (Å²) < 4.78 is 2.01. The van der Waals surface area contributed by atoms with Crippen LogP contribution in [0.25, 0.3) is 5.00 Å². The van der Waals surface area contributed by atoms with Gasteiger partial charge in [-0.15, -0.1) is 11.3 Å². The monoisotopic (exact) mass is 411 g/mol. The third-order valence-corrected chi connectivity index (χ3v) is 7.34. The highest BCUT2D eigenvalue weighted by Crippen LogP contribution is 2.38. The Hall–Kier alpha value is -2.51. The Morgan fingerprint density at radius 1 is 1.11 bits per heavy atom. The average Bonchev–Trinajstić information content (AvgIpc) is 3.36. The molecule has 0 atom stereocenters. The van der Waals surface area contributed by atoms with Crippen molar-refractivity contribution >= 4 is 40.6 Å². The van der Waals surface area contributed by atoms with E-state index in [0.29, 0.717) is 11.3 Å². The van der Waals surface area contributed by atoms with Gasteiger partial charge < -0.3 is 15.2 Å². The van der Waals surface area contributed by atoms with E-state index < -0.39 is 0 Å². The van der Waals surface area contributed by atoms with E-state index in [-0.39, 0.29) is 11.8 Å². The minimum absolute atomic E-state index is 0.120. The Balaban J connectivity index is 1.73. The van der Waals surface area contributed by atoms with Gasteiger partial charge in [0.15, 0.2) is 0 Å². The highest BCUT2D eigenvalue weighted by atomic mass is 32.2. The van der Waals surface area contributed by atoms with E-state index in [0.717, 1.165) is 39.6 Å². The van der Waals surface area contributed by atoms with Crippen LogP contribution in [0.2, 0.25) is 0 Å². The fraction of sp³-hybridized carbons (Fsp3) is 0.238. The fourth-order valence-electron chi connectivity index (χ4n) is 3.44. The van der Waals surface area contributed by atoms with Gasteiger partial charge in [0.05, 0.1) is 5.56 Å². The second-order valence-corrected chi connectivity index (χ2v) is 8.78. The maximum Gasteiger partial charge on any atom is 0.258 e. The molecule has 3 heterocycles. The van der Waals surface area contributed by atoms with Gasteiger partial charge in [-0.3, -0.25) is 9.59 Å². The summed E-state index contributed by atoms with van der Waals surface area (Å²) in [6, 6.07) is 9.32. The van der Waals surface area contributed by atoms with Crippen molar-refractivity contribution in [1.29, 1.82) is 0 Å². The Morgan fingerprint density at radius 2 is 1.89 bits per heavy atom. The van der Waals surface area contributed by atoms with Gasteiger partial charge >= 0.3 is 0 Å². The van der Waals surface area contributed by atoms with Crippen LogP contribution in [0.4, 0.5) is 5.69 Å². The standard InChI is InChI=1S/C21H21N3O2S2/c1-13-14(19(25)22-2)6-5-7-16(13)23-20(26)18-15-8-11-27-12-17(15)28-21(18)24-9-3-4-10-24/h3-7,9-10H,8,11-12H2,1-2H3,(H,22,25)(H,23,26). The number of aromatic nitrogens is 1. The van der Waals surface area contributed by atoms with Crippen molar-refractivity contribution in [1.82, 2.24) is 9.88 Å². The molecule has 1 aliphatic heterocycles. The first kappa shape index (κ1) is 18.8. The summed E-state index contributed by atoms with van der Waals surface area (Å²) in [5.74, 6) is 1.70. The summed E-state index contributed by atoms with van der Waals surface area (Å²) in [6.45, 7) is 1.85. The van der Waals surface area contributed by atoms with Crippen LogP contribution in [-0.2, 0) is 12.2 Å². The van der Waals surface area contributed by atoms with Gasteiger partial charge in [0.1, 0.15) is 5.00 Å². The number of hydrogen-bond donors (Lipinski definition) is 2. The molecule has 3 aromatic rings. The van der Waals surface area contributed by atoms with Crippen molar-refractivity contribution in [3.05, 3.63) is 69.9 Å². The highest BCUT2D eigenvalue weighted by Gasteiger charge is 2.27. The molecule has 0 spiro atoms. The van der Waals surface area contributed by atoms with Gasteiger partial charge in [-0.2, -0.15) is 11.8 Å². The quantitative estimate of drug-likeness (QED) is 0.675. The smallest absolute Gasteiger partial charge is 0.258 e. The van der Waals surface area contributed by atoms with E-state index in [9.17, 15) is 9.59 Å². The molecule has 28 heavy (non-hydrogen) atoms. The minimum atomic E-state index is -0.161. The summed E-state index contributed by atoms with van der Waals surface area (Å²) in [7, 11) is 1.60. The molecular weight excluding hydrogens is 390 g/mol.